The van der Waals surface area contributed by atoms with Crippen molar-refractivity contribution in [1.82, 2.24) is 5.32 Å². The molecule has 2 aromatic carbocycles. The fourth-order valence-corrected chi connectivity index (χ4v) is 3.70. The molecule has 0 aliphatic heterocycles. The Balaban J connectivity index is 1.86. The van der Waals surface area contributed by atoms with Gasteiger partial charge in [-0.1, -0.05) is 24.0 Å². The number of carbonyl (C=O) groups is 1. The van der Waals surface area contributed by atoms with Gasteiger partial charge in [0.15, 0.2) is 0 Å². The molecule has 5 N–H and O–H groups in total. The van der Waals surface area contributed by atoms with Crippen molar-refractivity contribution in [3.63, 3.8) is 0 Å². The summed E-state index contributed by atoms with van der Waals surface area (Å²) in [7, 11) is -3.76. The third kappa shape index (κ3) is 6.46. The lowest BCUT2D eigenvalue weighted by molar-refractivity contribution is 0.0557. The Morgan fingerprint density at radius 3 is 2.29 bits per heavy atom. The smallest absolute Gasteiger partial charge is 0.255 e. The van der Waals surface area contributed by atoms with E-state index >= 15 is 0 Å². The quantitative estimate of drug-likeness (QED) is 0.396. The second kappa shape index (κ2) is 9.24. The van der Waals surface area contributed by atoms with Gasteiger partial charge in [0.2, 0.25) is 10.0 Å². The normalized spacial score (nSPS) is 12.3. The van der Waals surface area contributed by atoms with Gasteiger partial charge in [-0.05, 0) is 70.0 Å². The van der Waals surface area contributed by atoms with Crippen LogP contribution in [0.2, 0.25) is 0 Å². The molecule has 34 heavy (non-hydrogen) atoms. The van der Waals surface area contributed by atoms with E-state index in [4.69, 9.17) is 9.56 Å². The molecule has 0 saturated carbocycles. The first kappa shape index (κ1) is 25.5. The summed E-state index contributed by atoms with van der Waals surface area (Å²) in [5.41, 5.74) is -0.537. The number of nitrogens with two attached hydrogens (primary N) is 1. The van der Waals surface area contributed by atoms with Gasteiger partial charge in [-0.2, -0.15) is 0 Å². The number of aliphatic hydroxyl groups is 2. The summed E-state index contributed by atoms with van der Waals surface area (Å²) in [4.78, 5) is 13.0. The summed E-state index contributed by atoms with van der Waals surface area (Å²) in [5.74, 6) is 5.51. The lowest BCUT2D eigenvalue weighted by Crippen LogP contribution is -2.26. The van der Waals surface area contributed by atoms with E-state index < -0.39 is 27.1 Å². The molecule has 0 atom stereocenters. The van der Waals surface area contributed by atoms with Gasteiger partial charge in [-0.15, -0.1) is 0 Å². The predicted octanol–water partition coefficient (Wildman–Crippen LogP) is 2.40. The maximum absolute atomic E-state index is 13.0. The topological polar surface area (TPSA) is 143 Å². The van der Waals surface area contributed by atoms with Crippen LogP contribution >= 0.6 is 0 Å². The zero-order valence-electron chi connectivity index (χ0n) is 19.5. The first-order valence-corrected chi connectivity index (χ1v) is 12.1. The van der Waals surface area contributed by atoms with Crippen LogP contribution in [0.4, 0.5) is 0 Å². The van der Waals surface area contributed by atoms with Gasteiger partial charge in [0, 0.05) is 17.5 Å². The Morgan fingerprint density at radius 2 is 1.74 bits per heavy atom. The van der Waals surface area contributed by atoms with Crippen molar-refractivity contribution in [1.29, 1.82) is 0 Å². The first-order valence-electron chi connectivity index (χ1n) is 10.6. The maximum Gasteiger partial charge on any atom is 0.255 e. The van der Waals surface area contributed by atoms with Crippen molar-refractivity contribution >= 4 is 26.9 Å². The predicted molar refractivity (Wildman–Crippen MR) is 128 cm³/mol. The number of sulfonamides is 1. The summed E-state index contributed by atoms with van der Waals surface area (Å²) >= 11 is 0. The molecule has 3 aromatic rings. The SMILES string of the molecule is CC(C)(O)C#Cc1cc(C(=O)NCCc2ccc(S(N)(=O)=O)cc2)c2oc(C(C)(C)O)cc2c1. The monoisotopic (exact) mass is 484 g/mol. The van der Waals surface area contributed by atoms with Crippen molar-refractivity contribution in [3.05, 3.63) is 64.9 Å². The molecule has 0 bridgehead atoms. The molecule has 0 saturated heterocycles. The summed E-state index contributed by atoms with van der Waals surface area (Å²) < 4.78 is 28.6. The Bertz CT molecular complexity index is 1380. The molecule has 1 amide bonds. The van der Waals surface area contributed by atoms with Crippen LogP contribution in [-0.2, 0) is 22.0 Å². The maximum atomic E-state index is 13.0. The molecule has 0 spiro atoms. The zero-order chi connectivity index (χ0) is 25.3. The van der Waals surface area contributed by atoms with Gasteiger partial charge < -0.3 is 19.9 Å². The van der Waals surface area contributed by atoms with E-state index in [0.717, 1.165) is 5.56 Å². The number of primary sulfonamides is 1. The van der Waals surface area contributed by atoms with E-state index in [1.54, 1.807) is 58.0 Å². The third-order valence-corrected chi connectivity index (χ3v) is 5.86. The van der Waals surface area contributed by atoms with Crippen LogP contribution in [0.3, 0.4) is 0 Å². The summed E-state index contributed by atoms with van der Waals surface area (Å²) in [6, 6.07) is 11.1. The van der Waals surface area contributed by atoms with E-state index in [0.29, 0.717) is 28.7 Å². The molecule has 0 aliphatic carbocycles. The molecular formula is C25H28N2O6S. The van der Waals surface area contributed by atoms with Crippen LogP contribution in [-0.4, -0.2) is 36.7 Å². The first-order chi connectivity index (χ1) is 15.6. The van der Waals surface area contributed by atoms with Crippen LogP contribution < -0.4 is 10.5 Å². The van der Waals surface area contributed by atoms with E-state index in [-0.39, 0.29) is 17.0 Å². The number of fused-ring (bicyclic) bond motifs is 1. The fourth-order valence-electron chi connectivity index (χ4n) is 3.18. The largest absolute Gasteiger partial charge is 0.457 e. The highest BCUT2D eigenvalue weighted by molar-refractivity contribution is 7.89. The van der Waals surface area contributed by atoms with Crippen LogP contribution in [0.5, 0.6) is 0 Å². The highest BCUT2D eigenvalue weighted by Gasteiger charge is 2.24. The molecule has 8 nitrogen and oxygen atoms in total. The molecule has 0 fully saturated rings. The molecule has 1 aromatic heterocycles. The molecule has 0 radical (unpaired) electrons. The third-order valence-electron chi connectivity index (χ3n) is 4.93. The second-order valence-corrected chi connectivity index (χ2v) is 10.7. The number of rotatable bonds is 6. The van der Waals surface area contributed by atoms with Crippen molar-refractivity contribution < 1.29 is 27.8 Å². The Morgan fingerprint density at radius 1 is 1.09 bits per heavy atom. The summed E-state index contributed by atoms with van der Waals surface area (Å²) in [6.07, 6.45) is 0.463. The number of amides is 1. The van der Waals surface area contributed by atoms with E-state index in [2.05, 4.69) is 17.2 Å². The summed E-state index contributed by atoms with van der Waals surface area (Å²) in [5, 5.41) is 28.8. The van der Waals surface area contributed by atoms with Gasteiger partial charge in [0.25, 0.3) is 5.91 Å². The number of nitrogens with one attached hydrogen (secondary N) is 1. The van der Waals surface area contributed by atoms with Gasteiger partial charge in [-0.25, -0.2) is 13.6 Å². The molecule has 9 heteroatoms. The number of benzene rings is 2. The van der Waals surface area contributed by atoms with Gasteiger partial charge >= 0.3 is 0 Å². The van der Waals surface area contributed by atoms with Crippen LogP contribution in [0.15, 0.2) is 51.8 Å². The van der Waals surface area contributed by atoms with Crippen LogP contribution in [0.25, 0.3) is 11.0 Å². The number of furan rings is 1. The highest BCUT2D eigenvalue weighted by Crippen LogP contribution is 2.30. The van der Waals surface area contributed by atoms with E-state index in [1.165, 1.54) is 12.1 Å². The number of carbonyl (C=O) groups excluding carboxylic acids is 1. The molecule has 180 valence electrons. The van der Waals surface area contributed by atoms with Crippen molar-refractivity contribution in [2.75, 3.05) is 6.54 Å². The van der Waals surface area contributed by atoms with Crippen molar-refractivity contribution in [2.24, 2.45) is 5.14 Å². The minimum Gasteiger partial charge on any atom is -0.457 e. The van der Waals surface area contributed by atoms with Gasteiger partial charge in [-0.3, -0.25) is 4.79 Å². The second-order valence-electron chi connectivity index (χ2n) is 9.12. The highest BCUT2D eigenvalue weighted by atomic mass is 32.2. The molecule has 0 unspecified atom stereocenters. The summed E-state index contributed by atoms with van der Waals surface area (Å²) in [6.45, 7) is 6.58. The van der Waals surface area contributed by atoms with Crippen LogP contribution in [0.1, 0.15) is 54.9 Å². The minimum absolute atomic E-state index is 0.0205. The average Bonchev–Trinajstić information content (AvgIpc) is 3.15. The van der Waals surface area contributed by atoms with Gasteiger partial charge in [0.1, 0.15) is 22.5 Å². The zero-order valence-corrected chi connectivity index (χ0v) is 20.3. The molecule has 3 rings (SSSR count). The van der Waals surface area contributed by atoms with E-state index in [1.807, 2.05) is 0 Å². The molecule has 1 heterocycles. The molecular weight excluding hydrogens is 456 g/mol. The molecule has 0 aliphatic rings. The van der Waals surface area contributed by atoms with Crippen molar-refractivity contribution in [2.45, 2.75) is 50.2 Å². The average molecular weight is 485 g/mol. The standard InChI is InChI=1S/C25H28N2O6S/c1-24(2,29)11-9-17-13-18-15-21(25(3,4)30)33-22(18)20(14-17)23(28)27-12-10-16-5-7-19(8-6-16)34(26,31)32/h5-8,13-15,29-30H,10,12H2,1-4H3,(H,27,28)(H2,26,31,32). The van der Waals surface area contributed by atoms with E-state index in [9.17, 15) is 23.4 Å². The van der Waals surface area contributed by atoms with Crippen molar-refractivity contribution in [3.8, 4) is 11.8 Å². The lowest BCUT2D eigenvalue weighted by atomic mass is 10.0. The van der Waals surface area contributed by atoms with Crippen LogP contribution in [0, 0.1) is 11.8 Å². The Labute approximate surface area is 198 Å². The Hall–Kier alpha value is -3.16. The minimum atomic E-state index is -3.76. The number of hydrogen-bond donors (Lipinski definition) is 4. The Kier molecular flexibility index (Phi) is 6.92. The fraction of sp³-hybridized carbons (Fsp3) is 0.320. The lowest BCUT2D eigenvalue weighted by Gasteiger charge is -2.12. The number of hydrogen-bond acceptors (Lipinski definition) is 6. The van der Waals surface area contributed by atoms with Gasteiger partial charge in [0.05, 0.1) is 10.5 Å².